The van der Waals surface area contributed by atoms with E-state index in [4.69, 9.17) is 5.73 Å². The number of carbonyl (C=O) groups excluding carboxylic acids is 2. The molecule has 5 nitrogen and oxygen atoms in total. The number of amides is 2. The molecule has 2 fully saturated rings. The van der Waals surface area contributed by atoms with E-state index in [2.05, 4.69) is 5.32 Å². The van der Waals surface area contributed by atoms with Crippen molar-refractivity contribution in [2.75, 3.05) is 0 Å². The van der Waals surface area contributed by atoms with Crippen molar-refractivity contribution in [3.8, 4) is 0 Å². The summed E-state index contributed by atoms with van der Waals surface area (Å²) in [6, 6.07) is 0.495. The molecule has 2 saturated heterocycles. The molecule has 5 atom stereocenters. The molecule has 0 aliphatic carbocycles. The molecule has 154 valence electrons. The Bertz CT molecular complexity index is 759. The van der Waals surface area contributed by atoms with Gasteiger partial charge >= 0.3 is 0 Å². The predicted molar refractivity (Wildman–Crippen MR) is 97.7 cm³/mol. The Morgan fingerprint density at radius 2 is 1.71 bits per heavy atom. The van der Waals surface area contributed by atoms with Gasteiger partial charge in [0.1, 0.15) is 11.9 Å². The van der Waals surface area contributed by atoms with Gasteiger partial charge in [-0.25, -0.2) is 13.2 Å². The number of halogens is 3. The first-order valence-corrected chi connectivity index (χ1v) is 9.65. The summed E-state index contributed by atoms with van der Waals surface area (Å²) in [5.41, 5.74) is 6.36. The van der Waals surface area contributed by atoms with Crippen LogP contribution < -0.4 is 11.1 Å². The summed E-state index contributed by atoms with van der Waals surface area (Å²) >= 11 is 0. The van der Waals surface area contributed by atoms with Gasteiger partial charge < -0.3 is 16.0 Å². The van der Waals surface area contributed by atoms with Crippen molar-refractivity contribution >= 4 is 11.8 Å². The zero-order valence-corrected chi connectivity index (χ0v) is 16.1. The second-order valence-electron chi connectivity index (χ2n) is 8.01. The number of nitrogens with two attached hydrogens (primary N) is 1. The Hall–Kier alpha value is -2.09. The highest BCUT2D eigenvalue weighted by Gasteiger charge is 2.45. The topological polar surface area (TPSA) is 75.4 Å². The quantitative estimate of drug-likeness (QED) is 0.749. The average Bonchev–Trinajstić information content (AvgIpc) is 2.87. The maximum absolute atomic E-state index is 13.9. The van der Waals surface area contributed by atoms with Crippen molar-refractivity contribution in [1.82, 2.24) is 10.2 Å². The van der Waals surface area contributed by atoms with Crippen LogP contribution in [0.25, 0.3) is 0 Å². The number of fused-ring (bicyclic) bond motifs is 2. The number of piperidine rings is 1. The first-order chi connectivity index (χ1) is 13.2. The van der Waals surface area contributed by atoms with Crippen LogP contribution in [0.15, 0.2) is 12.1 Å². The van der Waals surface area contributed by atoms with E-state index in [0.717, 1.165) is 18.9 Å². The van der Waals surface area contributed by atoms with Gasteiger partial charge in [-0.2, -0.15) is 0 Å². The lowest BCUT2D eigenvalue weighted by Gasteiger charge is -2.42. The number of hydrogen-bond donors (Lipinski definition) is 2. The molecule has 2 bridgehead atoms. The van der Waals surface area contributed by atoms with Crippen LogP contribution >= 0.6 is 0 Å². The zero-order valence-electron chi connectivity index (χ0n) is 16.1. The minimum absolute atomic E-state index is 0.0355. The maximum Gasteiger partial charge on any atom is 0.245 e. The van der Waals surface area contributed by atoms with Crippen LogP contribution in [0.3, 0.4) is 0 Å². The number of hydrogen-bond acceptors (Lipinski definition) is 3. The van der Waals surface area contributed by atoms with Crippen molar-refractivity contribution in [3.63, 3.8) is 0 Å². The Kier molecular flexibility index (Phi) is 5.98. The van der Waals surface area contributed by atoms with Crippen LogP contribution in [0.4, 0.5) is 13.2 Å². The third-order valence-corrected chi connectivity index (χ3v) is 5.96. The fourth-order valence-electron chi connectivity index (χ4n) is 4.66. The Balaban J connectivity index is 1.66. The molecule has 1 aromatic rings. The van der Waals surface area contributed by atoms with Gasteiger partial charge in [-0.15, -0.1) is 0 Å². The van der Waals surface area contributed by atoms with Crippen LogP contribution in [0.1, 0.15) is 45.1 Å². The fraction of sp³-hybridized carbons (Fsp3) is 0.600. The number of nitrogens with zero attached hydrogens (tertiary/aromatic N) is 1. The summed E-state index contributed by atoms with van der Waals surface area (Å²) in [5, 5.41) is 2.63. The van der Waals surface area contributed by atoms with Gasteiger partial charge in [-0.3, -0.25) is 9.59 Å². The third-order valence-electron chi connectivity index (χ3n) is 5.96. The summed E-state index contributed by atoms with van der Waals surface area (Å²) in [5.74, 6) is -3.39. The van der Waals surface area contributed by atoms with Crippen LogP contribution in [-0.2, 0) is 16.0 Å². The molecule has 2 aliphatic heterocycles. The van der Waals surface area contributed by atoms with Gasteiger partial charge in [-0.05, 0) is 56.6 Å². The largest absolute Gasteiger partial charge is 0.345 e. The van der Waals surface area contributed by atoms with Crippen LogP contribution in [0.5, 0.6) is 0 Å². The van der Waals surface area contributed by atoms with Crippen molar-refractivity contribution < 1.29 is 22.8 Å². The minimum atomic E-state index is -1.21. The summed E-state index contributed by atoms with van der Waals surface area (Å²) in [7, 11) is 0. The summed E-state index contributed by atoms with van der Waals surface area (Å²) in [6.07, 6.45) is 3.21. The van der Waals surface area contributed by atoms with Crippen molar-refractivity contribution in [2.45, 2.75) is 70.1 Å². The lowest BCUT2D eigenvalue weighted by atomic mass is 9.82. The van der Waals surface area contributed by atoms with E-state index < -0.39 is 29.5 Å². The standard InChI is InChI=1S/C20H26F3N3O2/c1-10(25-11(2)27)20(28)26-14-3-4-15(26)6-13(5-14)19(24)8-12-7-17(22)18(23)9-16(12)21/h7,9-10,13-15,19H,3-6,8,24H2,1-2H3,(H,25,27)/t10-,13-,14-,15+,19-/m1/s1. The summed E-state index contributed by atoms with van der Waals surface area (Å²) < 4.78 is 40.5. The zero-order chi connectivity index (χ0) is 20.6. The fourth-order valence-corrected chi connectivity index (χ4v) is 4.66. The van der Waals surface area contributed by atoms with E-state index in [1.165, 1.54) is 6.92 Å². The SMILES string of the molecule is CC(=O)N[C@H](C)C(=O)N1[C@@H]2CC[C@H]1C[C@H]([C@H](N)Cc1cc(F)c(F)cc1F)C2. The molecule has 0 aromatic heterocycles. The maximum atomic E-state index is 13.9. The van der Waals surface area contributed by atoms with Crippen molar-refractivity contribution in [1.29, 1.82) is 0 Å². The molecule has 3 rings (SSSR count). The molecule has 0 unspecified atom stereocenters. The van der Waals surface area contributed by atoms with E-state index >= 15 is 0 Å². The molecule has 28 heavy (non-hydrogen) atoms. The van der Waals surface area contributed by atoms with Gasteiger partial charge in [0.15, 0.2) is 11.6 Å². The highest BCUT2D eigenvalue weighted by atomic mass is 19.2. The molecule has 8 heteroatoms. The number of nitrogens with one attached hydrogen (secondary N) is 1. The Morgan fingerprint density at radius 1 is 1.14 bits per heavy atom. The second kappa shape index (κ2) is 8.11. The molecule has 0 saturated carbocycles. The molecule has 1 aromatic carbocycles. The predicted octanol–water partition coefficient (Wildman–Crippen LogP) is 2.27. The van der Waals surface area contributed by atoms with Crippen LogP contribution in [0.2, 0.25) is 0 Å². The molecule has 0 spiro atoms. The number of carbonyl (C=O) groups is 2. The molecule has 3 N–H and O–H groups in total. The highest BCUT2D eigenvalue weighted by molar-refractivity contribution is 5.87. The normalized spacial score (nSPS) is 26.1. The first kappa shape index (κ1) is 20.6. The first-order valence-electron chi connectivity index (χ1n) is 9.65. The number of rotatable bonds is 5. The minimum Gasteiger partial charge on any atom is -0.345 e. The smallest absolute Gasteiger partial charge is 0.245 e. The second-order valence-corrected chi connectivity index (χ2v) is 8.01. The van der Waals surface area contributed by atoms with Gasteiger partial charge in [0.25, 0.3) is 0 Å². The van der Waals surface area contributed by atoms with Crippen LogP contribution in [0, 0.1) is 23.4 Å². The average molecular weight is 397 g/mol. The lowest BCUT2D eigenvalue weighted by Crippen LogP contribution is -2.55. The van der Waals surface area contributed by atoms with Gasteiger partial charge in [0.2, 0.25) is 11.8 Å². The van der Waals surface area contributed by atoms with Gasteiger partial charge in [0.05, 0.1) is 0 Å². The molecule has 2 heterocycles. The van der Waals surface area contributed by atoms with E-state index in [9.17, 15) is 22.8 Å². The molecule has 0 radical (unpaired) electrons. The van der Waals surface area contributed by atoms with E-state index in [0.29, 0.717) is 18.9 Å². The third kappa shape index (κ3) is 4.16. The van der Waals surface area contributed by atoms with Crippen LogP contribution in [-0.4, -0.2) is 40.9 Å². The highest BCUT2D eigenvalue weighted by Crippen LogP contribution is 2.40. The van der Waals surface area contributed by atoms with E-state index in [1.54, 1.807) is 6.92 Å². The molecule has 2 aliphatic rings. The summed E-state index contributed by atoms with van der Waals surface area (Å²) in [4.78, 5) is 25.8. The van der Waals surface area contributed by atoms with Gasteiger partial charge in [-0.1, -0.05) is 0 Å². The number of benzene rings is 1. The summed E-state index contributed by atoms with van der Waals surface area (Å²) in [6.45, 7) is 3.05. The molecule has 2 amide bonds. The molecular weight excluding hydrogens is 371 g/mol. The van der Waals surface area contributed by atoms with Crippen molar-refractivity contribution in [2.24, 2.45) is 11.7 Å². The van der Waals surface area contributed by atoms with E-state index in [1.807, 2.05) is 4.90 Å². The monoisotopic (exact) mass is 397 g/mol. The van der Waals surface area contributed by atoms with Gasteiger partial charge in [0, 0.05) is 31.1 Å². The van der Waals surface area contributed by atoms with E-state index in [-0.39, 0.29) is 41.8 Å². The Morgan fingerprint density at radius 3 is 2.29 bits per heavy atom. The lowest BCUT2D eigenvalue weighted by molar-refractivity contribution is -0.140. The van der Waals surface area contributed by atoms with Crippen molar-refractivity contribution in [3.05, 3.63) is 35.1 Å². The Labute approximate surface area is 162 Å². The molecular formula is C20H26F3N3O2.